The first kappa shape index (κ1) is 30.1. The number of hydrogen-bond donors (Lipinski definition) is 0. The number of aryl methyl sites for hydroxylation is 1. The fourth-order valence-electron chi connectivity index (χ4n) is 5.57. The summed E-state index contributed by atoms with van der Waals surface area (Å²) >= 11 is 0. The van der Waals surface area contributed by atoms with Crippen LogP contribution in [0.2, 0.25) is 0 Å². The number of rotatable bonds is 4. The van der Waals surface area contributed by atoms with Crippen LogP contribution in [-0.2, 0) is 17.1 Å². The number of carbonyl (C=O) groups is 1. The molecular weight excluding hydrogens is 543 g/mol. The van der Waals surface area contributed by atoms with Crippen molar-refractivity contribution in [2.24, 2.45) is 0 Å². The summed E-state index contributed by atoms with van der Waals surface area (Å²) in [4.78, 5) is 18.9. The molecule has 40 heavy (non-hydrogen) atoms. The number of likely N-dealkylation sites (tertiary alicyclic amines) is 1. The normalized spacial score (nSPS) is 21.8. The number of alkyl halides is 6. The van der Waals surface area contributed by atoms with Crippen molar-refractivity contribution in [3.05, 3.63) is 70.0 Å². The number of halogens is 7. The highest BCUT2D eigenvalue weighted by molar-refractivity contribution is 5.75. The molecule has 0 saturated carbocycles. The highest BCUT2D eigenvalue weighted by Gasteiger charge is 2.40. The van der Waals surface area contributed by atoms with Crippen LogP contribution in [0.4, 0.5) is 35.5 Å². The summed E-state index contributed by atoms with van der Waals surface area (Å²) in [7, 11) is 1.36. The van der Waals surface area contributed by atoms with Gasteiger partial charge in [-0.1, -0.05) is 6.07 Å². The lowest BCUT2D eigenvalue weighted by Gasteiger charge is -2.46. The van der Waals surface area contributed by atoms with E-state index in [1.165, 1.54) is 26.1 Å². The van der Waals surface area contributed by atoms with Gasteiger partial charge in [-0.2, -0.15) is 26.3 Å². The Bertz CT molecular complexity index is 1180. The molecule has 3 atom stereocenters. The summed E-state index contributed by atoms with van der Waals surface area (Å²) in [6.45, 7) is 6.12. The third-order valence-corrected chi connectivity index (χ3v) is 7.95. The zero-order chi connectivity index (χ0) is 29.4. The number of benzene rings is 2. The molecule has 0 radical (unpaired) electrons. The molecule has 2 fully saturated rings. The first-order valence-corrected chi connectivity index (χ1v) is 13.1. The Balaban J connectivity index is 1.65. The molecule has 0 aliphatic carbocycles. The van der Waals surface area contributed by atoms with Crippen molar-refractivity contribution >= 4 is 6.03 Å². The van der Waals surface area contributed by atoms with Gasteiger partial charge in [-0.25, -0.2) is 9.18 Å². The lowest BCUT2D eigenvalue weighted by Crippen LogP contribution is -2.53. The number of urea groups is 1. The first-order valence-electron chi connectivity index (χ1n) is 13.1. The topological polar surface area (TPSA) is 36.0 Å². The zero-order valence-corrected chi connectivity index (χ0v) is 22.4. The minimum Gasteiger partial charge on any atom is -0.379 e. The van der Waals surface area contributed by atoms with E-state index in [2.05, 4.69) is 4.90 Å². The molecular formula is C28H32F7N3O2. The minimum atomic E-state index is -5.00. The second-order valence-electron chi connectivity index (χ2n) is 10.4. The Morgan fingerprint density at radius 2 is 1.57 bits per heavy atom. The van der Waals surface area contributed by atoms with Gasteiger partial charge in [0.1, 0.15) is 5.82 Å². The largest absolute Gasteiger partial charge is 0.416 e. The predicted molar refractivity (Wildman–Crippen MR) is 134 cm³/mol. The quantitative estimate of drug-likeness (QED) is 0.376. The molecule has 2 aliphatic rings. The van der Waals surface area contributed by atoms with Crippen molar-refractivity contribution in [3.63, 3.8) is 0 Å². The summed E-state index contributed by atoms with van der Waals surface area (Å²) in [5, 5.41) is 0. The molecule has 2 heterocycles. The molecule has 0 N–H and O–H groups in total. The van der Waals surface area contributed by atoms with Crippen LogP contribution in [0.15, 0.2) is 36.4 Å². The van der Waals surface area contributed by atoms with Crippen LogP contribution in [0, 0.1) is 12.7 Å². The fraction of sp³-hybridized carbons (Fsp3) is 0.536. The number of piperidine rings is 1. The third-order valence-electron chi connectivity index (χ3n) is 7.95. The van der Waals surface area contributed by atoms with E-state index in [0.29, 0.717) is 50.3 Å². The van der Waals surface area contributed by atoms with Crippen LogP contribution >= 0.6 is 0 Å². The van der Waals surface area contributed by atoms with Gasteiger partial charge in [0.2, 0.25) is 0 Å². The molecule has 0 spiro atoms. The van der Waals surface area contributed by atoms with E-state index in [0.717, 1.165) is 23.6 Å². The molecule has 5 nitrogen and oxygen atoms in total. The Morgan fingerprint density at radius 3 is 2.12 bits per heavy atom. The van der Waals surface area contributed by atoms with Gasteiger partial charge in [0, 0.05) is 32.7 Å². The van der Waals surface area contributed by atoms with Gasteiger partial charge in [0.05, 0.1) is 36.4 Å². The van der Waals surface area contributed by atoms with Gasteiger partial charge in [-0.3, -0.25) is 4.90 Å². The number of amides is 2. The van der Waals surface area contributed by atoms with Crippen molar-refractivity contribution in [2.75, 3.05) is 39.9 Å². The molecule has 4 rings (SSSR count). The molecule has 12 heteroatoms. The standard InChI is InChI=1S/C28H32F7N3O2/c1-17-12-22(29)4-5-24(17)25-16-23(37-8-10-40-11-9-37)6-7-38(25)26(39)36(3)18(2)19-13-20(27(30,31)32)15-21(14-19)28(33,34)35/h4-5,12-15,18,23,25H,6-11,16H2,1-3H3/t18-,23+,25+/m0/s1. The number of nitrogens with zero attached hydrogens (tertiary/aromatic N) is 3. The van der Waals surface area contributed by atoms with Crippen molar-refractivity contribution in [3.8, 4) is 0 Å². The first-order chi connectivity index (χ1) is 18.7. The highest BCUT2D eigenvalue weighted by Crippen LogP contribution is 2.40. The van der Waals surface area contributed by atoms with Gasteiger partial charge in [-0.15, -0.1) is 0 Å². The van der Waals surface area contributed by atoms with Gasteiger partial charge < -0.3 is 14.5 Å². The van der Waals surface area contributed by atoms with Crippen LogP contribution in [0.1, 0.15) is 59.7 Å². The average molecular weight is 576 g/mol. The van der Waals surface area contributed by atoms with Crippen LogP contribution < -0.4 is 0 Å². The number of ether oxygens (including phenoxy) is 1. The van der Waals surface area contributed by atoms with E-state index >= 15 is 0 Å². The summed E-state index contributed by atoms with van der Waals surface area (Å²) in [5.41, 5.74) is -1.76. The SMILES string of the molecule is Cc1cc(F)ccc1[C@H]1C[C@H](N2CCOCC2)CCN1C(=O)N(C)[C@@H](C)c1cc(C(F)(F)F)cc(C(F)(F)F)c1. The Hall–Kier alpha value is -2.86. The molecule has 2 amide bonds. The lowest BCUT2D eigenvalue weighted by atomic mass is 9.88. The molecule has 2 aromatic rings. The Kier molecular flexibility index (Phi) is 8.70. The van der Waals surface area contributed by atoms with Crippen LogP contribution in [0.3, 0.4) is 0 Å². The fourth-order valence-corrected chi connectivity index (χ4v) is 5.57. The molecule has 2 aromatic carbocycles. The van der Waals surface area contributed by atoms with Crippen LogP contribution in [-0.4, -0.2) is 66.7 Å². The highest BCUT2D eigenvalue weighted by atomic mass is 19.4. The predicted octanol–water partition coefficient (Wildman–Crippen LogP) is 6.82. The maximum Gasteiger partial charge on any atom is 0.416 e. The summed E-state index contributed by atoms with van der Waals surface area (Å²) in [6.07, 6.45) is -8.82. The minimum absolute atomic E-state index is 0.0712. The van der Waals surface area contributed by atoms with E-state index < -0.39 is 47.4 Å². The number of morpholine rings is 1. The summed E-state index contributed by atoms with van der Waals surface area (Å²) < 4.78 is 100. The number of hydrogen-bond acceptors (Lipinski definition) is 3. The number of carbonyl (C=O) groups excluding carboxylic acids is 1. The van der Waals surface area contributed by atoms with Gasteiger partial charge in [-0.05, 0) is 73.7 Å². The monoisotopic (exact) mass is 575 g/mol. The molecule has 220 valence electrons. The Labute approximate surface area is 228 Å². The molecule has 2 saturated heterocycles. The van der Waals surface area contributed by atoms with Crippen molar-refractivity contribution in [1.29, 1.82) is 0 Å². The van der Waals surface area contributed by atoms with Crippen molar-refractivity contribution in [1.82, 2.24) is 14.7 Å². The van der Waals surface area contributed by atoms with E-state index in [1.807, 2.05) is 0 Å². The van der Waals surface area contributed by atoms with Gasteiger partial charge >= 0.3 is 18.4 Å². The molecule has 0 aromatic heterocycles. The van der Waals surface area contributed by atoms with E-state index in [4.69, 9.17) is 4.74 Å². The molecule has 0 bridgehead atoms. The molecule has 2 aliphatic heterocycles. The third kappa shape index (κ3) is 6.54. The van der Waals surface area contributed by atoms with Crippen LogP contribution in [0.5, 0.6) is 0 Å². The average Bonchev–Trinajstić information content (AvgIpc) is 2.91. The summed E-state index contributed by atoms with van der Waals surface area (Å²) in [5.74, 6) is -0.421. The zero-order valence-electron chi connectivity index (χ0n) is 22.4. The maximum atomic E-state index is 13.9. The summed E-state index contributed by atoms with van der Waals surface area (Å²) in [6, 6.07) is 3.73. The second kappa shape index (κ2) is 11.6. The van der Waals surface area contributed by atoms with E-state index in [-0.39, 0.29) is 17.7 Å². The van der Waals surface area contributed by atoms with Gasteiger partial charge in [0.25, 0.3) is 0 Å². The van der Waals surface area contributed by atoms with Crippen molar-refractivity contribution in [2.45, 2.75) is 57.2 Å². The van der Waals surface area contributed by atoms with E-state index in [1.54, 1.807) is 17.9 Å². The van der Waals surface area contributed by atoms with Crippen LogP contribution in [0.25, 0.3) is 0 Å². The van der Waals surface area contributed by atoms with Gasteiger partial charge in [0.15, 0.2) is 0 Å². The molecule has 0 unspecified atom stereocenters. The Morgan fingerprint density at radius 1 is 0.975 bits per heavy atom. The lowest BCUT2D eigenvalue weighted by molar-refractivity contribution is -0.143. The van der Waals surface area contributed by atoms with Crippen molar-refractivity contribution < 1.29 is 40.3 Å². The maximum absolute atomic E-state index is 13.9. The van der Waals surface area contributed by atoms with E-state index in [9.17, 15) is 35.5 Å². The second-order valence-corrected chi connectivity index (χ2v) is 10.4. The smallest absolute Gasteiger partial charge is 0.379 e.